The Kier molecular flexibility index (Phi) is 4.24. The molecule has 0 bridgehead atoms. The van der Waals surface area contributed by atoms with E-state index in [2.05, 4.69) is 10.0 Å². The third-order valence-electron chi connectivity index (χ3n) is 4.28. The van der Waals surface area contributed by atoms with Gasteiger partial charge >= 0.3 is 0 Å². The molecule has 2 aromatic rings. The minimum absolute atomic E-state index is 0.0424. The maximum Gasteiger partial charge on any atom is 0.219 e. The molecule has 0 radical (unpaired) electrons. The van der Waals surface area contributed by atoms with Crippen molar-refractivity contribution >= 4 is 23.1 Å². The molecule has 1 saturated heterocycles. The molecule has 0 unspecified atom stereocenters. The van der Waals surface area contributed by atoms with Crippen molar-refractivity contribution in [3.63, 3.8) is 0 Å². The molecule has 3 rings (SSSR count). The van der Waals surface area contributed by atoms with E-state index in [9.17, 15) is 9.59 Å². The molecule has 0 amide bonds. The zero-order valence-electron chi connectivity index (χ0n) is 12.9. The van der Waals surface area contributed by atoms with Gasteiger partial charge in [-0.1, -0.05) is 18.6 Å². The van der Waals surface area contributed by atoms with E-state index in [1.165, 1.54) is 6.42 Å². The Balaban J connectivity index is 2.16. The van der Waals surface area contributed by atoms with Gasteiger partial charge in [-0.05, 0) is 31.9 Å². The van der Waals surface area contributed by atoms with Crippen LogP contribution in [0.15, 0.2) is 35.1 Å². The predicted octanol–water partition coefficient (Wildman–Crippen LogP) is 2.27. The van der Waals surface area contributed by atoms with Crippen molar-refractivity contribution < 1.29 is 4.79 Å². The fraction of sp³-hybridized carbons (Fsp3) is 0.412. The molecule has 5 nitrogen and oxygen atoms in total. The molecule has 1 fully saturated rings. The predicted molar refractivity (Wildman–Crippen MR) is 88.8 cm³/mol. The topological polar surface area (TPSA) is 45.6 Å². The molecule has 5 heteroatoms. The highest BCUT2D eigenvalue weighted by Crippen LogP contribution is 2.22. The van der Waals surface area contributed by atoms with Crippen LogP contribution >= 0.6 is 0 Å². The van der Waals surface area contributed by atoms with Crippen molar-refractivity contribution in [2.24, 2.45) is 0 Å². The van der Waals surface area contributed by atoms with E-state index in [-0.39, 0.29) is 5.43 Å². The summed E-state index contributed by atoms with van der Waals surface area (Å²) in [7, 11) is 0. The fourth-order valence-electron chi connectivity index (χ4n) is 3.22. The zero-order valence-corrected chi connectivity index (χ0v) is 12.9. The van der Waals surface area contributed by atoms with Crippen molar-refractivity contribution in [2.45, 2.75) is 26.2 Å². The molecule has 116 valence electrons. The summed E-state index contributed by atoms with van der Waals surface area (Å²) < 4.78 is 1.58. The number of pyridine rings is 1. The lowest BCUT2D eigenvalue weighted by Gasteiger charge is -2.38. The van der Waals surface area contributed by atoms with Crippen LogP contribution in [-0.2, 0) is 4.79 Å². The number of anilines is 1. The van der Waals surface area contributed by atoms with Gasteiger partial charge in [-0.15, -0.1) is 0 Å². The van der Waals surface area contributed by atoms with Gasteiger partial charge in [-0.25, -0.2) is 5.01 Å². The number of benzene rings is 1. The molecule has 0 saturated carbocycles. The molecule has 1 aliphatic heterocycles. The average molecular weight is 299 g/mol. The van der Waals surface area contributed by atoms with E-state index in [1.54, 1.807) is 16.7 Å². The molecule has 1 aromatic carbocycles. The van der Waals surface area contributed by atoms with Crippen molar-refractivity contribution in [3.8, 4) is 0 Å². The van der Waals surface area contributed by atoms with Crippen LogP contribution in [0.2, 0.25) is 0 Å². The van der Waals surface area contributed by atoms with Gasteiger partial charge in [-0.2, -0.15) is 0 Å². The second-order valence-corrected chi connectivity index (χ2v) is 5.59. The van der Waals surface area contributed by atoms with Gasteiger partial charge in [0.2, 0.25) is 6.41 Å². The summed E-state index contributed by atoms with van der Waals surface area (Å²) in [6.07, 6.45) is 4.33. The van der Waals surface area contributed by atoms with Gasteiger partial charge in [0.25, 0.3) is 0 Å². The number of carbonyl (C=O) groups excluding carboxylic acids is 1. The quantitative estimate of drug-likeness (QED) is 0.813. The zero-order chi connectivity index (χ0) is 15.5. The minimum Gasteiger partial charge on any atom is -0.291 e. The lowest BCUT2D eigenvalue weighted by molar-refractivity contribution is 0.208. The number of rotatable bonds is 4. The molecule has 0 aliphatic carbocycles. The van der Waals surface area contributed by atoms with E-state index in [1.807, 2.05) is 25.1 Å². The monoisotopic (exact) mass is 299 g/mol. The van der Waals surface area contributed by atoms with Crippen LogP contribution in [0.3, 0.4) is 0 Å². The Morgan fingerprint density at radius 3 is 2.59 bits per heavy atom. The SMILES string of the molecule is CCN(c1cc(=O)c2ccccc2n1C=O)N1CCCCC1. The van der Waals surface area contributed by atoms with Crippen molar-refractivity contribution in [1.82, 2.24) is 9.58 Å². The molecular formula is C17H21N3O2. The highest BCUT2D eigenvalue weighted by atomic mass is 16.1. The lowest BCUT2D eigenvalue weighted by Crippen LogP contribution is -2.47. The minimum atomic E-state index is -0.0424. The molecule has 0 atom stereocenters. The first-order valence-corrected chi connectivity index (χ1v) is 7.88. The number of hydrazine groups is 1. The molecule has 0 N–H and O–H groups in total. The first-order valence-electron chi connectivity index (χ1n) is 7.88. The van der Waals surface area contributed by atoms with E-state index in [0.717, 1.165) is 38.9 Å². The second kappa shape index (κ2) is 6.32. The van der Waals surface area contributed by atoms with Gasteiger partial charge < -0.3 is 0 Å². The maximum absolute atomic E-state index is 12.4. The summed E-state index contributed by atoms with van der Waals surface area (Å²) in [5.41, 5.74) is 0.620. The Hall–Kier alpha value is -2.14. The Labute approximate surface area is 129 Å². The van der Waals surface area contributed by atoms with E-state index in [4.69, 9.17) is 0 Å². The van der Waals surface area contributed by atoms with E-state index in [0.29, 0.717) is 16.7 Å². The highest BCUT2D eigenvalue weighted by Gasteiger charge is 2.21. The number of piperidine rings is 1. The molecule has 2 heterocycles. The summed E-state index contributed by atoms with van der Waals surface area (Å²) in [6, 6.07) is 8.83. The van der Waals surface area contributed by atoms with Gasteiger partial charge in [0.05, 0.1) is 5.52 Å². The number of aromatic nitrogens is 1. The number of hydrogen-bond donors (Lipinski definition) is 0. The maximum atomic E-state index is 12.4. The van der Waals surface area contributed by atoms with Crippen LogP contribution in [-0.4, -0.2) is 35.6 Å². The van der Waals surface area contributed by atoms with Crippen LogP contribution in [0, 0.1) is 0 Å². The standard InChI is InChI=1S/C17H21N3O2/c1-2-20(18-10-6-3-7-11-18)17-12-16(22)14-8-4-5-9-15(14)19(17)13-21/h4-5,8-9,12-13H,2-3,6-7,10-11H2,1H3. The normalized spacial score (nSPS) is 15.9. The smallest absolute Gasteiger partial charge is 0.219 e. The number of fused-ring (bicyclic) bond motifs is 1. The summed E-state index contributed by atoms with van der Waals surface area (Å²) >= 11 is 0. The highest BCUT2D eigenvalue weighted by molar-refractivity contribution is 5.87. The first-order chi connectivity index (χ1) is 10.8. The van der Waals surface area contributed by atoms with E-state index < -0.39 is 0 Å². The molecular weight excluding hydrogens is 278 g/mol. The summed E-state index contributed by atoms with van der Waals surface area (Å²) in [5.74, 6) is 0.656. The molecule has 0 spiro atoms. The third-order valence-corrected chi connectivity index (χ3v) is 4.28. The Morgan fingerprint density at radius 1 is 1.18 bits per heavy atom. The number of nitrogens with zero attached hydrogens (tertiary/aromatic N) is 3. The first kappa shape index (κ1) is 14.8. The Morgan fingerprint density at radius 2 is 1.91 bits per heavy atom. The fourth-order valence-corrected chi connectivity index (χ4v) is 3.22. The van der Waals surface area contributed by atoms with Gasteiger partial charge in [0.1, 0.15) is 5.82 Å². The van der Waals surface area contributed by atoms with Crippen LogP contribution in [0.25, 0.3) is 10.9 Å². The Bertz CT molecular complexity index is 732. The van der Waals surface area contributed by atoms with Crippen LogP contribution in [0.5, 0.6) is 0 Å². The van der Waals surface area contributed by atoms with Crippen molar-refractivity contribution in [1.29, 1.82) is 0 Å². The second-order valence-electron chi connectivity index (χ2n) is 5.59. The van der Waals surface area contributed by atoms with Gasteiger partial charge in [0.15, 0.2) is 5.43 Å². The third kappa shape index (κ3) is 2.52. The van der Waals surface area contributed by atoms with E-state index >= 15 is 0 Å². The molecule has 1 aromatic heterocycles. The summed E-state index contributed by atoms with van der Waals surface area (Å²) in [4.78, 5) is 24.1. The van der Waals surface area contributed by atoms with Gasteiger partial charge in [0, 0.05) is 31.1 Å². The molecule has 1 aliphatic rings. The summed E-state index contributed by atoms with van der Waals surface area (Å²) in [6.45, 7) is 4.70. The largest absolute Gasteiger partial charge is 0.291 e. The molecule has 22 heavy (non-hydrogen) atoms. The van der Waals surface area contributed by atoms with Crippen molar-refractivity contribution in [3.05, 3.63) is 40.6 Å². The van der Waals surface area contributed by atoms with Gasteiger partial charge in [-0.3, -0.25) is 19.2 Å². The average Bonchev–Trinajstić information content (AvgIpc) is 2.57. The lowest BCUT2D eigenvalue weighted by atomic mass is 10.1. The van der Waals surface area contributed by atoms with Crippen LogP contribution < -0.4 is 10.4 Å². The van der Waals surface area contributed by atoms with Crippen LogP contribution in [0.4, 0.5) is 5.82 Å². The number of para-hydroxylation sites is 1. The van der Waals surface area contributed by atoms with Crippen LogP contribution in [0.1, 0.15) is 26.2 Å². The number of hydrogen-bond acceptors (Lipinski definition) is 4. The summed E-state index contributed by atoms with van der Waals surface area (Å²) in [5, 5.41) is 4.88. The number of carbonyl (C=O) groups is 1. The van der Waals surface area contributed by atoms with Crippen molar-refractivity contribution in [2.75, 3.05) is 24.6 Å².